The first-order valence-electron chi connectivity index (χ1n) is 6.11. The molecule has 0 aliphatic rings. The highest BCUT2D eigenvalue weighted by molar-refractivity contribution is 7.11. The topological polar surface area (TPSA) is 70.5 Å². The highest BCUT2D eigenvalue weighted by Gasteiger charge is 2.22. The normalized spacial score (nSPS) is 11.0. The first-order valence-corrected chi connectivity index (χ1v) is 7.76. The molecule has 0 atom stereocenters. The van der Waals surface area contributed by atoms with Gasteiger partial charge in [-0.3, -0.25) is 4.79 Å². The lowest BCUT2D eigenvalue weighted by molar-refractivity contribution is -0.113. The van der Waals surface area contributed by atoms with Gasteiger partial charge in [0, 0.05) is 18.0 Å². The van der Waals surface area contributed by atoms with E-state index in [0.29, 0.717) is 10.7 Å². The lowest BCUT2D eigenvalue weighted by Gasteiger charge is -2.13. The van der Waals surface area contributed by atoms with E-state index in [0.717, 1.165) is 22.0 Å². The molecule has 0 aliphatic heterocycles. The van der Waals surface area contributed by atoms with Crippen molar-refractivity contribution in [2.24, 2.45) is 0 Å². The zero-order valence-corrected chi connectivity index (χ0v) is 13.4. The average molecular weight is 322 g/mol. The quantitative estimate of drug-likeness (QED) is 0.878. The van der Waals surface area contributed by atoms with Crippen molar-refractivity contribution in [2.75, 3.05) is 11.9 Å². The lowest BCUT2D eigenvalue weighted by atomic mass is 10.2. The van der Waals surface area contributed by atoms with E-state index in [2.05, 4.69) is 4.37 Å². The van der Waals surface area contributed by atoms with Crippen LogP contribution >= 0.6 is 22.9 Å². The van der Waals surface area contributed by atoms with E-state index in [-0.39, 0.29) is 11.5 Å². The van der Waals surface area contributed by atoms with Crippen LogP contribution in [-0.2, 0) is 4.79 Å². The molecular weight excluding hydrogens is 308 g/mol. The number of rotatable bonds is 4. The Labute approximate surface area is 130 Å². The molecule has 110 valence electrons. The molecule has 0 saturated carbocycles. The molecule has 5 nitrogen and oxygen atoms in total. The maximum absolute atomic E-state index is 12.2. The standard InChI is InChI=1S/C14H14N2O3S2/c1-8-6-7-20-10(8)4-5-11(17)16(3)13-12(14(18)19)9(2)15-21-13/h4-7H,1-3H3,(H,18,19). The molecule has 0 radical (unpaired) electrons. The Hall–Kier alpha value is -1.99. The van der Waals surface area contributed by atoms with Crippen molar-refractivity contribution in [3.05, 3.63) is 39.2 Å². The van der Waals surface area contributed by atoms with Gasteiger partial charge in [-0.25, -0.2) is 4.79 Å². The maximum Gasteiger partial charge on any atom is 0.340 e. The molecule has 2 aromatic rings. The highest BCUT2D eigenvalue weighted by Crippen LogP contribution is 2.28. The lowest BCUT2D eigenvalue weighted by Crippen LogP contribution is -2.24. The monoisotopic (exact) mass is 322 g/mol. The predicted molar refractivity (Wildman–Crippen MR) is 85.3 cm³/mol. The summed E-state index contributed by atoms with van der Waals surface area (Å²) in [7, 11) is 1.55. The number of hydrogen-bond acceptors (Lipinski definition) is 5. The van der Waals surface area contributed by atoms with Gasteiger partial charge in [0.15, 0.2) is 0 Å². The summed E-state index contributed by atoms with van der Waals surface area (Å²) in [4.78, 5) is 25.7. The van der Waals surface area contributed by atoms with Crippen LogP contribution < -0.4 is 4.90 Å². The zero-order chi connectivity index (χ0) is 15.6. The van der Waals surface area contributed by atoms with E-state index in [1.807, 2.05) is 18.4 Å². The summed E-state index contributed by atoms with van der Waals surface area (Å²) in [6, 6.07) is 1.98. The first-order chi connectivity index (χ1) is 9.91. The van der Waals surface area contributed by atoms with Crippen molar-refractivity contribution in [3.63, 3.8) is 0 Å². The molecule has 2 heterocycles. The summed E-state index contributed by atoms with van der Waals surface area (Å²) < 4.78 is 4.01. The largest absolute Gasteiger partial charge is 0.478 e. The van der Waals surface area contributed by atoms with Crippen LogP contribution in [0, 0.1) is 13.8 Å². The molecule has 0 aromatic carbocycles. The second kappa shape index (κ2) is 6.19. The fourth-order valence-corrected chi connectivity index (χ4v) is 3.42. The summed E-state index contributed by atoms with van der Waals surface area (Å²) in [6.07, 6.45) is 3.19. The van der Waals surface area contributed by atoms with Crippen LogP contribution in [0.25, 0.3) is 6.08 Å². The van der Waals surface area contributed by atoms with Gasteiger partial charge in [0.1, 0.15) is 10.6 Å². The Kier molecular flexibility index (Phi) is 4.54. The van der Waals surface area contributed by atoms with Crippen molar-refractivity contribution in [2.45, 2.75) is 13.8 Å². The third kappa shape index (κ3) is 3.20. The summed E-state index contributed by atoms with van der Waals surface area (Å²) in [6.45, 7) is 3.59. The van der Waals surface area contributed by atoms with Gasteiger partial charge in [0.05, 0.1) is 5.69 Å². The van der Waals surface area contributed by atoms with Crippen LogP contribution in [0.5, 0.6) is 0 Å². The van der Waals surface area contributed by atoms with Gasteiger partial charge in [-0.05, 0) is 48.5 Å². The minimum Gasteiger partial charge on any atom is -0.478 e. The van der Waals surface area contributed by atoms with Gasteiger partial charge in [-0.15, -0.1) is 11.3 Å². The smallest absolute Gasteiger partial charge is 0.340 e. The number of aryl methyl sites for hydroxylation is 2. The number of thiophene rings is 1. The van der Waals surface area contributed by atoms with E-state index in [1.165, 1.54) is 11.0 Å². The number of carbonyl (C=O) groups is 2. The van der Waals surface area contributed by atoms with E-state index in [4.69, 9.17) is 0 Å². The molecule has 0 saturated heterocycles. The fraction of sp³-hybridized carbons (Fsp3) is 0.214. The van der Waals surface area contributed by atoms with Crippen molar-refractivity contribution in [3.8, 4) is 0 Å². The molecule has 0 unspecified atom stereocenters. The number of aromatic carboxylic acids is 1. The number of anilines is 1. The SMILES string of the molecule is Cc1ccsc1C=CC(=O)N(C)c1snc(C)c1C(=O)O. The third-order valence-corrected chi connectivity index (χ3v) is 4.97. The molecule has 7 heteroatoms. The Balaban J connectivity index is 2.22. The number of aromatic nitrogens is 1. The number of carbonyl (C=O) groups excluding carboxylic acids is 1. The first kappa shape index (κ1) is 15.4. The molecule has 0 bridgehead atoms. The van der Waals surface area contributed by atoms with Gasteiger partial charge in [0.2, 0.25) is 0 Å². The summed E-state index contributed by atoms with van der Waals surface area (Å²) in [5, 5.41) is 11.5. The van der Waals surface area contributed by atoms with Crippen LogP contribution in [-0.4, -0.2) is 28.4 Å². The Bertz CT molecular complexity index is 716. The molecule has 0 fully saturated rings. The molecule has 1 amide bonds. The number of nitrogens with zero attached hydrogens (tertiary/aromatic N) is 2. The van der Waals surface area contributed by atoms with Crippen LogP contribution in [0.15, 0.2) is 17.5 Å². The van der Waals surface area contributed by atoms with Crippen LogP contribution in [0.1, 0.15) is 26.5 Å². The Morgan fingerprint density at radius 3 is 2.67 bits per heavy atom. The van der Waals surface area contributed by atoms with Crippen LogP contribution in [0.4, 0.5) is 5.00 Å². The predicted octanol–water partition coefficient (Wildman–Crippen LogP) is 3.20. The molecule has 1 N–H and O–H groups in total. The van der Waals surface area contributed by atoms with Crippen LogP contribution in [0.2, 0.25) is 0 Å². The molecular formula is C14H14N2O3S2. The number of carboxylic acid groups (broad SMARTS) is 1. The number of likely N-dealkylation sites (N-methyl/N-ethyl adjacent to an activating group) is 1. The second-order valence-electron chi connectivity index (χ2n) is 4.45. The fourth-order valence-electron chi connectivity index (χ4n) is 1.75. The van der Waals surface area contributed by atoms with Crippen molar-refractivity contribution in [1.29, 1.82) is 0 Å². The molecule has 2 rings (SSSR count). The zero-order valence-electron chi connectivity index (χ0n) is 11.8. The molecule has 21 heavy (non-hydrogen) atoms. The Morgan fingerprint density at radius 2 is 2.10 bits per heavy atom. The van der Waals surface area contributed by atoms with Gasteiger partial charge in [-0.2, -0.15) is 4.37 Å². The van der Waals surface area contributed by atoms with Crippen molar-refractivity contribution < 1.29 is 14.7 Å². The van der Waals surface area contributed by atoms with E-state index in [9.17, 15) is 14.7 Å². The average Bonchev–Trinajstić information content (AvgIpc) is 3.01. The second-order valence-corrected chi connectivity index (χ2v) is 6.15. The third-order valence-electron chi connectivity index (χ3n) is 2.97. The highest BCUT2D eigenvalue weighted by atomic mass is 32.1. The minimum absolute atomic E-state index is 0.0801. The number of amides is 1. The summed E-state index contributed by atoms with van der Waals surface area (Å²) >= 11 is 2.56. The van der Waals surface area contributed by atoms with Crippen molar-refractivity contribution >= 4 is 45.8 Å². The van der Waals surface area contributed by atoms with Gasteiger partial charge < -0.3 is 10.0 Å². The van der Waals surface area contributed by atoms with Gasteiger partial charge in [-0.1, -0.05) is 0 Å². The summed E-state index contributed by atoms with van der Waals surface area (Å²) in [5.41, 5.74) is 1.60. The van der Waals surface area contributed by atoms with E-state index < -0.39 is 5.97 Å². The number of carboxylic acids is 1. The summed E-state index contributed by atoms with van der Waals surface area (Å²) in [5.74, 6) is -1.36. The molecule has 2 aromatic heterocycles. The maximum atomic E-state index is 12.2. The molecule has 0 aliphatic carbocycles. The van der Waals surface area contributed by atoms with Gasteiger partial charge >= 0.3 is 5.97 Å². The number of hydrogen-bond donors (Lipinski definition) is 1. The van der Waals surface area contributed by atoms with E-state index >= 15 is 0 Å². The van der Waals surface area contributed by atoms with E-state index in [1.54, 1.807) is 31.4 Å². The molecule has 0 spiro atoms. The Morgan fingerprint density at radius 1 is 1.38 bits per heavy atom. The van der Waals surface area contributed by atoms with Crippen LogP contribution in [0.3, 0.4) is 0 Å². The van der Waals surface area contributed by atoms with Crippen molar-refractivity contribution in [1.82, 2.24) is 4.37 Å². The van der Waals surface area contributed by atoms with Gasteiger partial charge in [0.25, 0.3) is 5.91 Å². The minimum atomic E-state index is -1.08.